The molecular weight excluding hydrogens is 201 g/mol. The Hall–Kier alpha value is -1.78. The van der Waals surface area contributed by atoms with Crippen molar-refractivity contribution in [2.45, 2.75) is 19.1 Å². The first kappa shape index (κ1) is 11.3. The molecule has 1 rings (SSSR count). The average molecular weight is 211 g/mol. The van der Waals surface area contributed by atoms with E-state index in [9.17, 15) is 19.3 Å². The quantitative estimate of drug-likeness (QED) is 0.332. The molecule has 1 atom stereocenters. The van der Waals surface area contributed by atoms with Gasteiger partial charge in [0.25, 0.3) is 5.78 Å². The fraction of sp³-hybridized carbons (Fsp3) is 0.300. The maximum atomic E-state index is 13.7. The van der Waals surface area contributed by atoms with Crippen molar-refractivity contribution < 1.29 is 14.1 Å². The van der Waals surface area contributed by atoms with Crippen molar-refractivity contribution >= 4 is 5.78 Å². The van der Waals surface area contributed by atoms with Crippen molar-refractivity contribution in [2.75, 3.05) is 0 Å². The van der Waals surface area contributed by atoms with Gasteiger partial charge in [-0.3, -0.25) is 14.9 Å². The van der Waals surface area contributed by atoms with Gasteiger partial charge in [-0.2, -0.15) is 4.39 Å². The number of nitro groups is 1. The van der Waals surface area contributed by atoms with E-state index in [1.165, 1.54) is 31.2 Å². The molecule has 0 saturated heterocycles. The number of ketones is 1. The van der Waals surface area contributed by atoms with E-state index in [1.807, 2.05) is 0 Å². The highest BCUT2D eigenvalue weighted by Gasteiger charge is 2.49. The molecule has 0 aliphatic heterocycles. The van der Waals surface area contributed by atoms with Crippen LogP contribution in [-0.2, 0) is 0 Å². The van der Waals surface area contributed by atoms with Crippen molar-refractivity contribution in [1.82, 2.24) is 0 Å². The number of nitrogens with zero attached hydrogens (tertiary/aromatic N) is 1. The first-order valence-electron chi connectivity index (χ1n) is 4.45. The Morgan fingerprint density at radius 1 is 1.47 bits per heavy atom. The predicted molar refractivity (Wildman–Crippen MR) is 51.9 cm³/mol. The summed E-state index contributed by atoms with van der Waals surface area (Å²) in [5, 5.41) is 10.5. The molecule has 1 aromatic rings. The maximum absolute atomic E-state index is 13.7. The number of hydrogen-bond donors (Lipinski definition) is 0. The Morgan fingerprint density at radius 2 is 2.00 bits per heavy atom. The van der Waals surface area contributed by atoms with Crippen LogP contribution in [0.2, 0.25) is 0 Å². The van der Waals surface area contributed by atoms with Gasteiger partial charge in [-0.25, -0.2) is 0 Å². The molecule has 0 amide bonds. The minimum atomic E-state index is -3.01. The van der Waals surface area contributed by atoms with Crippen LogP contribution in [0.5, 0.6) is 0 Å². The normalized spacial score (nSPS) is 14.3. The Kier molecular flexibility index (Phi) is 3.14. The Balaban J connectivity index is 3.08. The van der Waals surface area contributed by atoms with Crippen LogP contribution < -0.4 is 0 Å². The van der Waals surface area contributed by atoms with Crippen molar-refractivity contribution in [2.24, 2.45) is 0 Å². The van der Waals surface area contributed by atoms with E-state index in [2.05, 4.69) is 0 Å². The molecule has 0 radical (unpaired) electrons. The lowest BCUT2D eigenvalue weighted by atomic mass is 10.0. The SMILES string of the molecule is CCC(F)(C(=O)c1ccccc1)[N+](=O)[O-]. The summed E-state index contributed by atoms with van der Waals surface area (Å²) in [6, 6.07) is 7.42. The molecular formula is C10H10FNO3. The highest BCUT2D eigenvalue weighted by molar-refractivity contribution is 6.01. The van der Waals surface area contributed by atoms with Crippen LogP contribution in [-0.4, -0.2) is 16.5 Å². The molecule has 0 N–H and O–H groups in total. The van der Waals surface area contributed by atoms with Crippen LogP contribution in [0.15, 0.2) is 30.3 Å². The molecule has 4 nitrogen and oxygen atoms in total. The highest BCUT2D eigenvalue weighted by Crippen LogP contribution is 2.22. The van der Waals surface area contributed by atoms with Gasteiger partial charge >= 0.3 is 5.79 Å². The van der Waals surface area contributed by atoms with Gasteiger partial charge in [0.15, 0.2) is 0 Å². The number of benzene rings is 1. The number of halogens is 1. The standard InChI is InChI=1S/C10H10FNO3/c1-2-10(11,12(14)15)9(13)8-6-4-3-5-7-8/h3-7H,2H2,1H3. The summed E-state index contributed by atoms with van der Waals surface area (Å²) in [4.78, 5) is 20.8. The molecule has 5 heteroatoms. The van der Waals surface area contributed by atoms with Crippen molar-refractivity contribution in [3.63, 3.8) is 0 Å². The Labute approximate surface area is 85.9 Å². The fourth-order valence-electron chi connectivity index (χ4n) is 1.18. The number of Topliss-reactive ketones (excluding diaryl/α,β-unsaturated/α-hetero) is 1. The van der Waals surface area contributed by atoms with E-state index in [0.717, 1.165) is 0 Å². The second-order valence-electron chi connectivity index (χ2n) is 3.07. The molecule has 0 spiro atoms. The van der Waals surface area contributed by atoms with Crippen LogP contribution >= 0.6 is 0 Å². The second kappa shape index (κ2) is 4.16. The molecule has 0 fully saturated rings. The zero-order valence-electron chi connectivity index (χ0n) is 8.14. The lowest BCUT2D eigenvalue weighted by Crippen LogP contribution is -2.41. The summed E-state index contributed by atoms with van der Waals surface area (Å²) in [5.74, 6) is -4.11. The zero-order chi connectivity index (χ0) is 11.5. The van der Waals surface area contributed by atoms with E-state index >= 15 is 0 Å². The molecule has 0 aliphatic rings. The van der Waals surface area contributed by atoms with Gasteiger partial charge in [0.2, 0.25) is 0 Å². The number of carbonyl (C=O) groups excluding carboxylic acids is 1. The molecule has 0 heterocycles. The summed E-state index contributed by atoms with van der Waals surface area (Å²) in [6.45, 7) is 1.27. The lowest BCUT2D eigenvalue weighted by molar-refractivity contribution is -0.584. The first-order valence-corrected chi connectivity index (χ1v) is 4.45. The van der Waals surface area contributed by atoms with Crippen LogP contribution in [0, 0.1) is 10.1 Å². The third kappa shape index (κ3) is 2.01. The molecule has 15 heavy (non-hydrogen) atoms. The monoisotopic (exact) mass is 211 g/mol. The summed E-state index contributed by atoms with van der Waals surface area (Å²) in [6.07, 6.45) is -0.478. The van der Waals surface area contributed by atoms with Gasteiger partial charge in [-0.15, -0.1) is 0 Å². The largest absolute Gasteiger partial charge is 0.420 e. The Bertz CT molecular complexity index is 380. The number of alkyl halides is 1. The maximum Gasteiger partial charge on any atom is 0.420 e. The van der Waals surface area contributed by atoms with Crippen molar-refractivity contribution in [3.8, 4) is 0 Å². The molecule has 0 aliphatic carbocycles. The van der Waals surface area contributed by atoms with Crippen LogP contribution in [0.25, 0.3) is 0 Å². The van der Waals surface area contributed by atoms with Crippen LogP contribution in [0.1, 0.15) is 23.7 Å². The smallest absolute Gasteiger partial charge is 0.283 e. The number of carbonyl (C=O) groups is 1. The highest BCUT2D eigenvalue weighted by atomic mass is 19.1. The molecule has 80 valence electrons. The molecule has 1 aromatic carbocycles. The lowest BCUT2D eigenvalue weighted by Gasteiger charge is -2.12. The van der Waals surface area contributed by atoms with Crippen LogP contribution in [0.4, 0.5) is 4.39 Å². The van der Waals surface area contributed by atoms with E-state index in [1.54, 1.807) is 6.07 Å². The van der Waals surface area contributed by atoms with Gasteiger partial charge in [0.05, 0.1) is 11.3 Å². The van der Waals surface area contributed by atoms with E-state index in [0.29, 0.717) is 0 Å². The third-order valence-corrected chi connectivity index (χ3v) is 2.14. The Morgan fingerprint density at radius 3 is 2.40 bits per heavy atom. The number of rotatable bonds is 4. The molecule has 0 bridgehead atoms. The predicted octanol–water partition coefficient (Wildman–Crippen LogP) is 2.22. The van der Waals surface area contributed by atoms with Gasteiger partial charge in [0, 0.05) is 5.56 Å². The van der Waals surface area contributed by atoms with E-state index in [-0.39, 0.29) is 5.56 Å². The third-order valence-electron chi connectivity index (χ3n) is 2.14. The second-order valence-corrected chi connectivity index (χ2v) is 3.07. The van der Waals surface area contributed by atoms with Crippen LogP contribution in [0.3, 0.4) is 0 Å². The van der Waals surface area contributed by atoms with Gasteiger partial charge in [-0.05, 0) is 0 Å². The fourth-order valence-corrected chi connectivity index (χ4v) is 1.18. The molecule has 0 saturated carbocycles. The molecule has 1 unspecified atom stereocenters. The zero-order valence-corrected chi connectivity index (χ0v) is 8.14. The summed E-state index contributed by atoms with van der Waals surface area (Å²) in [5.41, 5.74) is 0.0125. The topological polar surface area (TPSA) is 60.2 Å². The van der Waals surface area contributed by atoms with Gasteiger partial charge < -0.3 is 0 Å². The summed E-state index contributed by atoms with van der Waals surface area (Å²) < 4.78 is 13.7. The first-order chi connectivity index (χ1) is 7.02. The van der Waals surface area contributed by atoms with Gasteiger partial charge in [-0.1, -0.05) is 37.3 Å². The minimum Gasteiger partial charge on any atom is -0.283 e. The van der Waals surface area contributed by atoms with Crippen molar-refractivity contribution in [3.05, 3.63) is 46.0 Å². The van der Waals surface area contributed by atoms with Crippen molar-refractivity contribution in [1.29, 1.82) is 0 Å². The van der Waals surface area contributed by atoms with E-state index < -0.39 is 22.9 Å². The summed E-state index contributed by atoms with van der Waals surface area (Å²) in [7, 11) is 0. The summed E-state index contributed by atoms with van der Waals surface area (Å²) >= 11 is 0. The minimum absolute atomic E-state index is 0.0125. The number of hydrogen-bond acceptors (Lipinski definition) is 3. The average Bonchev–Trinajstić information content (AvgIpc) is 2.28. The van der Waals surface area contributed by atoms with E-state index in [4.69, 9.17) is 0 Å². The van der Waals surface area contributed by atoms with Gasteiger partial charge in [0.1, 0.15) is 0 Å². The molecule has 0 aromatic heterocycles.